The molecule has 0 saturated heterocycles. The van der Waals surface area contributed by atoms with Gasteiger partial charge >= 0.3 is 0 Å². The van der Waals surface area contributed by atoms with Crippen LogP contribution in [0, 0.1) is 6.92 Å². The van der Waals surface area contributed by atoms with Crippen LogP contribution in [0.2, 0.25) is 4.34 Å². The van der Waals surface area contributed by atoms with Crippen LogP contribution in [-0.4, -0.2) is 14.8 Å². The quantitative estimate of drug-likeness (QED) is 0.501. The van der Waals surface area contributed by atoms with Crippen molar-refractivity contribution in [3.63, 3.8) is 0 Å². The Kier molecular flexibility index (Phi) is 5.81. The summed E-state index contributed by atoms with van der Waals surface area (Å²) in [5, 5.41) is 0.506. The van der Waals surface area contributed by atoms with Gasteiger partial charge in [-0.15, -0.1) is 23.1 Å². The van der Waals surface area contributed by atoms with Gasteiger partial charge in [0.1, 0.15) is 0 Å². The fourth-order valence-electron chi connectivity index (χ4n) is 2.47. The Hall–Kier alpha value is -1.23. The van der Waals surface area contributed by atoms with Crippen molar-refractivity contribution in [1.29, 1.82) is 0 Å². The van der Waals surface area contributed by atoms with E-state index in [-0.39, 0.29) is 0 Å². The monoisotopic (exact) mass is 362 g/mol. The first kappa shape index (κ1) is 16.6. The molecule has 0 fully saturated rings. The number of rotatable bonds is 7. The van der Waals surface area contributed by atoms with Crippen molar-refractivity contribution in [2.45, 2.75) is 36.5 Å². The fourth-order valence-corrected chi connectivity index (χ4v) is 4.83. The van der Waals surface area contributed by atoms with Gasteiger partial charge in [0.05, 0.1) is 10.7 Å². The van der Waals surface area contributed by atoms with E-state index in [2.05, 4.69) is 46.8 Å². The molecule has 0 aliphatic carbocycles. The fraction of sp³-hybridized carbons (Fsp3) is 0.278. The van der Waals surface area contributed by atoms with Crippen LogP contribution in [0.1, 0.15) is 16.9 Å². The van der Waals surface area contributed by atoms with Gasteiger partial charge in [0, 0.05) is 34.0 Å². The van der Waals surface area contributed by atoms with Crippen molar-refractivity contribution < 1.29 is 0 Å². The summed E-state index contributed by atoms with van der Waals surface area (Å²) in [5.74, 6) is 0. The van der Waals surface area contributed by atoms with Crippen molar-refractivity contribution >= 4 is 34.7 Å². The predicted molar refractivity (Wildman–Crippen MR) is 101 cm³/mol. The number of nitrogens with zero attached hydrogens (tertiary/aromatic N) is 2. The second-order valence-corrected chi connectivity index (χ2v) is 8.65. The minimum absolute atomic E-state index is 0.506. The molecule has 5 heteroatoms. The highest BCUT2D eigenvalue weighted by molar-refractivity contribution is 8.00. The summed E-state index contributed by atoms with van der Waals surface area (Å²) in [6, 6.07) is 12.7. The van der Waals surface area contributed by atoms with Crippen molar-refractivity contribution in [3.8, 4) is 0 Å². The first-order valence-corrected chi connectivity index (χ1v) is 9.70. The highest BCUT2D eigenvalue weighted by Crippen LogP contribution is 2.31. The summed E-state index contributed by atoms with van der Waals surface area (Å²) in [7, 11) is 0. The highest BCUT2D eigenvalue weighted by atomic mass is 35.5. The van der Waals surface area contributed by atoms with Crippen molar-refractivity contribution in [2.75, 3.05) is 0 Å². The maximum absolute atomic E-state index is 6.04. The molecule has 0 N–H and O–H groups in total. The van der Waals surface area contributed by atoms with Gasteiger partial charge in [-0.05, 0) is 43.5 Å². The molecule has 0 saturated carbocycles. The number of halogens is 1. The van der Waals surface area contributed by atoms with Crippen LogP contribution in [0.4, 0.5) is 0 Å². The molecule has 120 valence electrons. The Labute approximate surface area is 150 Å². The number of aryl methyl sites for hydroxylation is 2. The van der Waals surface area contributed by atoms with E-state index in [1.165, 1.54) is 15.3 Å². The van der Waals surface area contributed by atoms with E-state index < -0.39 is 0 Å². The highest BCUT2D eigenvalue weighted by Gasteiger charge is 2.13. The van der Waals surface area contributed by atoms with E-state index >= 15 is 0 Å². The third-order valence-electron chi connectivity index (χ3n) is 3.70. The van der Waals surface area contributed by atoms with Gasteiger partial charge in [0.15, 0.2) is 0 Å². The van der Waals surface area contributed by atoms with Crippen molar-refractivity contribution in [1.82, 2.24) is 9.55 Å². The molecular formula is C18H19ClN2S2. The summed E-state index contributed by atoms with van der Waals surface area (Å²) in [6.07, 6.45) is 7.96. The molecule has 1 unspecified atom stereocenters. The summed E-state index contributed by atoms with van der Waals surface area (Å²) >= 11 is 9.69. The van der Waals surface area contributed by atoms with Crippen LogP contribution in [-0.2, 0) is 13.0 Å². The van der Waals surface area contributed by atoms with E-state index in [4.69, 9.17) is 11.6 Å². The average molecular weight is 363 g/mol. The first-order chi connectivity index (χ1) is 11.2. The molecule has 1 atom stereocenters. The average Bonchev–Trinajstić information content (AvgIpc) is 3.19. The van der Waals surface area contributed by atoms with Gasteiger partial charge in [-0.2, -0.15) is 0 Å². The lowest BCUT2D eigenvalue weighted by molar-refractivity contribution is 0.626. The molecule has 2 nitrogen and oxygen atoms in total. The molecule has 0 amide bonds. The number of aromatic nitrogens is 2. The van der Waals surface area contributed by atoms with E-state index in [0.29, 0.717) is 5.25 Å². The van der Waals surface area contributed by atoms with Gasteiger partial charge in [-0.3, -0.25) is 0 Å². The second-order valence-electron chi connectivity index (χ2n) is 5.51. The largest absolute Gasteiger partial charge is 0.336 e. The van der Waals surface area contributed by atoms with Crippen LogP contribution in [0.5, 0.6) is 0 Å². The van der Waals surface area contributed by atoms with Crippen molar-refractivity contribution in [2.24, 2.45) is 0 Å². The topological polar surface area (TPSA) is 17.8 Å². The van der Waals surface area contributed by atoms with E-state index in [1.54, 1.807) is 11.3 Å². The van der Waals surface area contributed by atoms with Crippen LogP contribution in [0.3, 0.4) is 0 Å². The standard InChI is InChI=1S/C18H19ClN2S2/c1-14-4-2-3-5-17(14)22-16(12-21-11-10-20-13-21)7-6-15-8-9-18(19)23-15/h2-5,8-11,13,16H,6-7,12H2,1H3. The smallest absolute Gasteiger partial charge is 0.0946 e. The molecule has 0 spiro atoms. The number of thioether (sulfide) groups is 1. The van der Waals surface area contributed by atoms with Gasteiger partial charge in [0.25, 0.3) is 0 Å². The third-order valence-corrected chi connectivity index (χ3v) is 6.42. The molecule has 3 aromatic rings. The Balaban J connectivity index is 1.69. The zero-order valence-electron chi connectivity index (χ0n) is 13.0. The van der Waals surface area contributed by atoms with Crippen LogP contribution in [0.15, 0.2) is 60.0 Å². The zero-order chi connectivity index (χ0) is 16.1. The summed E-state index contributed by atoms with van der Waals surface area (Å²) in [4.78, 5) is 6.88. The molecule has 2 aromatic heterocycles. The number of hydrogen-bond acceptors (Lipinski definition) is 3. The van der Waals surface area contributed by atoms with Gasteiger partial charge in [-0.25, -0.2) is 4.98 Å². The zero-order valence-corrected chi connectivity index (χ0v) is 15.4. The number of hydrogen-bond donors (Lipinski definition) is 0. The Morgan fingerprint density at radius 3 is 2.83 bits per heavy atom. The predicted octanol–water partition coefficient (Wildman–Crippen LogP) is 5.70. The van der Waals surface area contributed by atoms with Crippen LogP contribution < -0.4 is 0 Å². The first-order valence-electron chi connectivity index (χ1n) is 7.63. The maximum Gasteiger partial charge on any atom is 0.0946 e. The maximum atomic E-state index is 6.04. The molecular weight excluding hydrogens is 344 g/mol. The summed E-state index contributed by atoms with van der Waals surface area (Å²) < 4.78 is 3.04. The van der Waals surface area contributed by atoms with E-state index in [0.717, 1.165) is 23.7 Å². The van der Waals surface area contributed by atoms with E-state index in [9.17, 15) is 0 Å². The molecule has 0 bridgehead atoms. The molecule has 23 heavy (non-hydrogen) atoms. The molecule has 0 radical (unpaired) electrons. The minimum Gasteiger partial charge on any atom is -0.336 e. The minimum atomic E-state index is 0.506. The SMILES string of the molecule is Cc1ccccc1SC(CCc1ccc(Cl)s1)Cn1ccnc1. The van der Waals surface area contributed by atoms with Crippen LogP contribution >= 0.6 is 34.7 Å². The summed E-state index contributed by atoms with van der Waals surface area (Å²) in [5.41, 5.74) is 1.34. The third kappa shape index (κ3) is 4.87. The Morgan fingerprint density at radius 1 is 1.26 bits per heavy atom. The normalized spacial score (nSPS) is 12.4. The lowest BCUT2D eigenvalue weighted by Gasteiger charge is -2.18. The second kappa shape index (κ2) is 8.04. The molecule has 3 rings (SSSR count). The lowest BCUT2D eigenvalue weighted by atomic mass is 10.2. The van der Waals surface area contributed by atoms with Gasteiger partial charge in [0.2, 0.25) is 0 Å². The molecule has 0 aliphatic rings. The number of benzene rings is 1. The van der Waals surface area contributed by atoms with Gasteiger partial charge < -0.3 is 4.57 Å². The molecule has 0 aliphatic heterocycles. The van der Waals surface area contributed by atoms with Crippen LogP contribution in [0.25, 0.3) is 0 Å². The molecule has 2 heterocycles. The molecule has 1 aromatic carbocycles. The Morgan fingerprint density at radius 2 is 2.13 bits per heavy atom. The van der Waals surface area contributed by atoms with E-state index in [1.807, 2.05) is 36.5 Å². The number of imidazole rings is 1. The summed E-state index contributed by atoms with van der Waals surface area (Å²) in [6.45, 7) is 3.15. The number of thiophene rings is 1. The lowest BCUT2D eigenvalue weighted by Crippen LogP contribution is -2.13. The van der Waals surface area contributed by atoms with Crippen molar-refractivity contribution in [3.05, 3.63) is 69.9 Å². The Bertz CT molecular complexity index is 737. The van der Waals surface area contributed by atoms with Gasteiger partial charge in [-0.1, -0.05) is 29.8 Å².